The molecule has 0 N–H and O–H groups in total. The van der Waals surface area contributed by atoms with Crippen LogP contribution in [0, 0.1) is 31.1 Å². The monoisotopic (exact) mass is 243 g/mol. The molecule has 4 heteroatoms. The molecule has 2 heterocycles. The Morgan fingerprint density at radius 3 is 2.61 bits per heavy atom. The summed E-state index contributed by atoms with van der Waals surface area (Å²) in [5.41, 5.74) is 2.38. The van der Waals surface area contributed by atoms with Crippen molar-refractivity contribution in [3.63, 3.8) is 0 Å². The van der Waals surface area contributed by atoms with Gasteiger partial charge < -0.3 is 4.90 Å². The molecule has 1 amide bonds. The number of hydrogen-bond acceptors (Lipinski definition) is 3. The molecule has 0 bridgehead atoms. The van der Waals surface area contributed by atoms with Crippen molar-refractivity contribution in [3.8, 4) is 6.07 Å². The highest BCUT2D eigenvalue weighted by molar-refractivity contribution is 5.95. The Morgan fingerprint density at radius 2 is 2.06 bits per heavy atom. The first-order chi connectivity index (χ1) is 8.61. The third kappa shape index (κ3) is 2.51. The minimum Gasteiger partial charge on any atom is -0.339 e. The zero-order valence-electron chi connectivity index (χ0n) is 10.8. The van der Waals surface area contributed by atoms with Crippen molar-refractivity contribution in [3.05, 3.63) is 29.1 Å². The Labute approximate surface area is 107 Å². The maximum absolute atomic E-state index is 12.3. The molecule has 0 atom stereocenters. The number of hydrogen-bond donors (Lipinski definition) is 0. The molecule has 0 saturated carbocycles. The van der Waals surface area contributed by atoms with Gasteiger partial charge in [0.15, 0.2) is 0 Å². The summed E-state index contributed by atoms with van der Waals surface area (Å²) in [5.74, 6) is 0.141. The van der Waals surface area contributed by atoms with Crippen LogP contribution in [0.3, 0.4) is 0 Å². The van der Waals surface area contributed by atoms with Crippen LogP contribution in [0.2, 0.25) is 0 Å². The van der Waals surface area contributed by atoms with Crippen LogP contribution < -0.4 is 0 Å². The molecule has 94 valence electrons. The average molecular weight is 243 g/mol. The van der Waals surface area contributed by atoms with E-state index in [1.165, 1.54) is 0 Å². The van der Waals surface area contributed by atoms with Gasteiger partial charge in [0.05, 0.1) is 17.3 Å². The fourth-order valence-electron chi connectivity index (χ4n) is 2.29. The Bertz CT molecular complexity index is 496. The van der Waals surface area contributed by atoms with Crippen molar-refractivity contribution in [2.75, 3.05) is 13.1 Å². The zero-order valence-corrected chi connectivity index (χ0v) is 10.8. The first-order valence-electron chi connectivity index (χ1n) is 6.25. The summed E-state index contributed by atoms with van der Waals surface area (Å²) in [4.78, 5) is 18.5. The third-order valence-corrected chi connectivity index (χ3v) is 3.42. The Morgan fingerprint density at radius 1 is 1.39 bits per heavy atom. The van der Waals surface area contributed by atoms with Gasteiger partial charge in [0, 0.05) is 24.7 Å². The van der Waals surface area contributed by atoms with Crippen LogP contribution in [-0.4, -0.2) is 28.9 Å². The zero-order chi connectivity index (χ0) is 13.1. The second-order valence-electron chi connectivity index (χ2n) is 4.78. The highest BCUT2D eigenvalue weighted by Crippen LogP contribution is 2.19. The minimum absolute atomic E-state index is 0.0383. The Kier molecular flexibility index (Phi) is 3.61. The molecule has 1 aromatic rings. The van der Waals surface area contributed by atoms with Crippen LogP contribution in [0.5, 0.6) is 0 Å². The third-order valence-electron chi connectivity index (χ3n) is 3.42. The number of amides is 1. The maximum atomic E-state index is 12.3. The van der Waals surface area contributed by atoms with Gasteiger partial charge >= 0.3 is 0 Å². The van der Waals surface area contributed by atoms with E-state index in [-0.39, 0.29) is 11.8 Å². The van der Waals surface area contributed by atoms with E-state index in [9.17, 15) is 4.79 Å². The highest BCUT2D eigenvalue weighted by Gasteiger charge is 2.24. The van der Waals surface area contributed by atoms with Crippen LogP contribution in [-0.2, 0) is 0 Å². The molecule has 0 radical (unpaired) electrons. The van der Waals surface area contributed by atoms with E-state index in [1.54, 1.807) is 0 Å². The normalized spacial score (nSPS) is 16.4. The molecular formula is C14H17N3O. The van der Waals surface area contributed by atoms with Gasteiger partial charge in [0.1, 0.15) is 0 Å². The molecule has 0 unspecified atom stereocenters. The molecule has 0 aliphatic carbocycles. The largest absolute Gasteiger partial charge is 0.339 e. The lowest BCUT2D eigenvalue weighted by molar-refractivity contribution is 0.0706. The van der Waals surface area contributed by atoms with Crippen LogP contribution in [0.15, 0.2) is 12.1 Å². The highest BCUT2D eigenvalue weighted by atomic mass is 16.2. The number of carbonyl (C=O) groups excluding carboxylic acids is 1. The number of aromatic nitrogens is 1. The number of piperidine rings is 1. The van der Waals surface area contributed by atoms with Gasteiger partial charge in [-0.3, -0.25) is 9.78 Å². The molecular weight excluding hydrogens is 226 g/mol. The van der Waals surface area contributed by atoms with Crippen LogP contribution in [0.4, 0.5) is 0 Å². The molecule has 0 spiro atoms. The number of nitriles is 1. The van der Waals surface area contributed by atoms with Crippen molar-refractivity contribution in [2.24, 2.45) is 5.92 Å². The Balaban J connectivity index is 2.11. The summed E-state index contributed by atoms with van der Waals surface area (Å²) < 4.78 is 0. The lowest BCUT2D eigenvalue weighted by Gasteiger charge is -2.29. The molecule has 1 fully saturated rings. The van der Waals surface area contributed by atoms with E-state index >= 15 is 0 Å². The molecule has 4 nitrogen and oxygen atoms in total. The summed E-state index contributed by atoms with van der Waals surface area (Å²) in [6.45, 7) is 5.12. The molecule has 1 aliphatic rings. The Hall–Kier alpha value is -1.89. The quantitative estimate of drug-likeness (QED) is 0.758. The number of pyridine rings is 1. The van der Waals surface area contributed by atoms with E-state index in [2.05, 4.69) is 11.1 Å². The molecule has 0 aromatic carbocycles. The fourth-order valence-corrected chi connectivity index (χ4v) is 2.29. The van der Waals surface area contributed by atoms with Gasteiger partial charge in [-0.05, 0) is 38.8 Å². The van der Waals surface area contributed by atoms with E-state index < -0.39 is 0 Å². The summed E-state index contributed by atoms with van der Waals surface area (Å²) >= 11 is 0. The van der Waals surface area contributed by atoms with Crippen LogP contribution >= 0.6 is 0 Å². The van der Waals surface area contributed by atoms with Gasteiger partial charge in [-0.25, -0.2) is 0 Å². The molecule has 1 aromatic heterocycles. The average Bonchev–Trinajstić information content (AvgIpc) is 2.38. The minimum atomic E-state index is 0.0383. The van der Waals surface area contributed by atoms with Crippen LogP contribution in [0.1, 0.15) is 34.6 Å². The predicted molar refractivity (Wildman–Crippen MR) is 68.0 cm³/mol. The lowest BCUT2D eigenvalue weighted by Crippen LogP contribution is -2.38. The first kappa shape index (κ1) is 12.6. The van der Waals surface area contributed by atoms with Crippen molar-refractivity contribution in [1.82, 2.24) is 9.88 Å². The predicted octanol–water partition coefficient (Wildman–Crippen LogP) is 2.07. The topological polar surface area (TPSA) is 57.0 Å². The number of rotatable bonds is 1. The van der Waals surface area contributed by atoms with Crippen molar-refractivity contribution in [2.45, 2.75) is 26.7 Å². The summed E-state index contributed by atoms with van der Waals surface area (Å²) in [6, 6.07) is 5.98. The summed E-state index contributed by atoms with van der Waals surface area (Å²) in [5, 5.41) is 8.84. The molecule has 1 saturated heterocycles. The number of likely N-dealkylation sites (tertiary alicyclic amines) is 1. The summed E-state index contributed by atoms with van der Waals surface area (Å²) in [6.07, 6.45) is 1.56. The molecule has 1 aliphatic heterocycles. The van der Waals surface area contributed by atoms with E-state index in [0.717, 1.165) is 24.2 Å². The summed E-state index contributed by atoms with van der Waals surface area (Å²) in [7, 11) is 0. The van der Waals surface area contributed by atoms with Crippen molar-refractivity contribution < 1.29 is 4.79 Å². The van der Waals surface area contributed by atoms with Crippen molar-refractivity contribution in [1.29, 1.82) is 5.26 Å². The molecule has 2 rings (SSSR count). The number of nitrogens with zero attached hydrogens (tertiary/aromatic N) is 3. The molecule has 18 heavy (non-hydrogen) atoms. The maximum Gasteiger partial charge on any atom is 0.255 e. The van der Waals surface area contributed by atoms with E-state index in [0.29, 0.717) is 18.7 Å². The standard InChI is InChI=1S/C14H17N3O/c1-10-3-4-13(11(2)16-10)14(18)17-7-5-12(9-15)6-8-17/h3-4,12H,5-8H2,1-2H3. The fraction of sp³-hybridized carbons (Fsp3) is 0.500. The van der Waals surface area contributed by atoms with Gasteiger partial charge in [-0.1, -0.05) is 0 Å². The second kappa shape index (κ2) is 5.18. The lowest BCUT2D eigenvalue weighted by atomic mass is 9.98. The van der Waals surface area contributed by atoms with Gasteiger partial charge in [0.25, 0.3) is 5.91 Å². The number of carbonyl (C=O) groups is 1. The van der Waals surface area contributed by atoms with Crippen LogP contribution in [0.25, 0.3) is 0 Å². The van der Waals surface area contributed by atoms with E-state index in [4.69, 9.17) is 5.26 Å². The van der Waals surface area contributed by atoms with Gasteiger partial charge in [-0.15, -0.1) is 0 Å². The smallest absolute Gasteiger partial charge is 0.255 e. The SMILES string of the molecule is Cc1ccc(C(=O)N2CCC(C#N)CC2)c(C)n1. The van der Waals surface area contributed by atoms with Gasteiger partial charge in [-0.2, -0.15) is 5.26 Å². The first-order valence-corrected chi connectivity index (χ1v) is 6.25. The number of aryl methyl sites for hydroxylation is 2. The van der Waals surface area contributed by atoms with E-state index in [1.807, 2.05) is 30.9 Å². The van der Waals surface area contributed by atoms with Crippen molar-refractivity contribution >= 4 is 5.91 Å². The second-order valence-corrected chi connectivity index (χ2v) is 4.78. The van der Waals surface area contributed by atoms with Gasteiger partial charge in [0.2, 0.25) is 0 Å².